The van der Waals surface area contributed by atoms with Gasteiger partial charge in [-0.2, -0.15) is 0 Å². The van der Waals surface area contributed by atoms with E-state index in [1.165, 1.54) is 23.3 Å². The molecule has 104 valence electrons. The van der Waals surface area contributed by atoms with Crippen molar-refractivity contribution >= 4 is 12.2 Å². The van der Waals surface area contributed by atoms with Crippen LogP contribution in [0.5, 0.6) is 0 Å². The summed E-state index contributed by atoms with van der Waals surface area (Å²) in [5.41, 5.74) is 0.263. The molecule has 2 rings (SSSR count). The zero-order valence-electron chi connectivity index (χ0n) is 10.4. The molecule has 0 radical (unpaired) electrons. The molecule has 1 unspecified atom stereocenters. The van der Waals surface area contributed by atoms with Crippen LogP contribution in [0.1, 0.15) is 18.0 Å². The largest absolute Gasteiger partial charge is 0.330 e. The highest BCUT2D eigenvalue weighted by Crippen LogP contribution is 2.19. The number of carbonyl (C=O) groups excluding carboxylic acids is 1. The lowest BCUT2D eigenvalue weighted by Gasteiger charge is -2.17. The molecular formula is C13H12F2N4O. The van der Waals surface area contributed by atoms with Gasteiger partial charge in [-0.3, -0.25) is 4.57 Å². The molecule has 0 spiro atoms. The molecule has 0 aliphatic heterocycles. The maximum Gasteiger partial charge on any atom is 0.327 e. The number of rotatable bonds is 4. The number of nitrogens with one attached hydrogen (secondary N) is 2. The summed E-state index contributed by atoms with van der Waals surface area (Å²) >= 11 is 0. The number of hydrogen-bond donors (Lipinski definition) is 2. The summed E-state index contributed by atoms with van der Waals surface area (Å²) in [5, 5.41) is 9.72. The van der Waals surface area contributed by atoms with Gasteiger partial charge < -0.3 is 10.7 Å². The Hall–Kier alpha value is -2.57. The van der Waals surface area contributed by atoms with Gasteiger partial charge in [-0.25, -0.2) is 18.6 Å². The Morgan fingerprint density at radius 1 is 1.40 bits per heavy atom. The fraction of sp³-hybridized carbons (Fsp3) is 0.154. The van der Waals surface area contributed by atoms with Crippen LogP contribution in [0.15, 0.2) is 36.9 Å². The van der Waals surface area contributed by atoms with Gasteiger partial charge in [0.2, 0.25) is 0 Å². The summed E-state index contributed by atoms with van der Waals surface area (Å²) < 4.78 is 27.6. The van der Waals surface area contributed by atoms with E-state index in [9.17, 15) is 13.6 Å². The average molecular weight is 278 g/mol. The summed E-state index contributed by atoms with van der Waals surface area (Å²) in [5.74, 6) is -1.46. The fourth-order valence-corrected chi connectivity index (χ4v) is 1.78. The Bertz CT molecular complexity index is 593. The quantitative estimate of drug-likeness (QED) is 0.843. The van der Waals surface area contributed by atoms with Crippen molar-refractivity contribution in [3.63, 3.8) is 0 Å². The van der Waals surface area contributed by atoms with Crippen LogP contribution in [0.25, 0.3) is 0 Å². The molecule has 0 fully saturated rings. The predicted molar refractivity (Wildman–Crippen MR) is 68.7 cm³/mol. The van der Waals surface area contributed by atoms with Gasteiger partial charge in [-0.15, -0.1) is 0 Å². The summed E-state index contributed by atoms with van der Waals surface area (Å²) in [4.78, 5) is 15.6. The van der Waals surface area contributed by atoms with Crippen LogP contribution in [0.3, 0.4) is 0 Å². The first-order valence-corrected chi connectivity index (χ1v) is 5.84. The van der Waals surface area contributed by atoms with Crippen LogP contribution in [0.2, 0.25) is 0 Å². The minimum atomic E-state index is -0.730. The van der Waals surface area contributed by atoms with E-state index in [1.807, 2.05) is 0 Å². The van der Waals surface area contributed by atoms with Crippen LogP contribution in [-0.4, -0.2) is 21.8 Å². The average Bonchev–Trinajstić information content (AvgIpc) is 2.90. The van der Waals surface area contributed by atoms with Crippen molar-refractivity contribution < 1.29 is 13.6 Å². The maximum absolute atomic E-state index is 13.2. The molecule has 0 bridgehead atoms. The molecule has 0 aliphatic rings. The molecule has 0 aliphatic carbocycles. The lowest BCUT2D eigenvalue weighted by molar-refractivity contribution is 0.239. The molecule has 7 heteroatoms. The Balaban J connectivity index is 2.22. The molecule has 1 aromatic heterocycles. The lowest BCUT2D eigenvalue weighted by Crippen LogP contribution is -2.32. The third-order valence-corrected chi connectivity index (χ3v) is 2.68. The van der Waals surface area contributed by atoms with Gasteiger partial charge in [0.1, 0.15) is 18.0 Å². The van der Waals surface area contributed by atoms with Crippen molar-refractivity contribution in [1.29, 1.82) is 5.41 Å². The number of imidazole rings is 1. The molecule has 5 nitrogen and oxygen atoms in total. The third kappa shape index (κ3) is 3.25. The van der Waals surface area contributed by atoms with Crippen molar-refractivity contribution in [3.05, 3.63) is 54.1 Å². The molecule has 0 saturated carbocycles. The van der Waals surface area contributed by atoms with Gasteiger partial charge >= 0.3 is 6.03 Å². The minimum Gasteiger partial charge on any atom is -0.330 e. The Morgan fingerprint density at radius 3 is 2.65 bits per heavy atom. The number of benzene rings is 1. The molecule has 2 N–H and O–H groups in total. The second-order valence-corrected chi connectivity index (χ2v) is 4.11. The van der Waals surface area contributed by atoms with Crippen LogP contribution >= 0.6 is 0 Å². The van der Waals surface area contributed by atoms with Gasteiger partial charge in [0.05, 0.1) is 6.04 Å². The van der Waals surface area contributed by atoms with Crippen LogP contribution in [0.4, 0.5) is 13.6 Å². The molecule has 1 aromatic carbocycles. The van der Waals surface area contributed by atoms with E-state index in [2.05, 4.69) is 10.3 Å². The summed E-state index contributed by atoms with van der Waals surface area (Å²) in [7, 11) is 0. The Labute approximate surface area is 113 Å². The SMILES string of the molecule is N=CCC(NC(=O)n1ccnc1)c1cc(F)cc(F)c1. The highest BCUT2D eigenvalue weighted by Gasteiger charge is 2.16. The van der Waals surface area contributed by atoms with Crippen LogP contribution < -0.4 is 5.32 Å². The second kappa shape index (κ2) is 6.05. The minimum absolute atomic E-state index is 0.128. The zero-order chi connectivity index (χ0) is 14.5. The Morgan fingerprint density at radius 2 is 2.10 bits per heavy atom. The standard InChI is InChI=1S/C13H12F2N4O/c14-10-5-9(6-11(15)7-10)12(1-2-16)18-13(20)19-4-3-17-8-19/h2-8,12,16H,1H2,(H,18,20). The van der Waals surface area contributed by atoms with Gasteiger partial charge in [-0.1, -0.05) is 0 Å². The first-order valence-electron chi connectivity index (χ1n) is 5.84. The van der Waals surface area contributed by atoms with E-state index in [1.54, 1.807) is 0 Å². The molecule has 2 aromatic rings. The summed E-state index contributed by atoms with van der Waals surface area (Å²) in [6.07, 6.45) is 5.39. The van der Waals surface area contributed by atoms with Crippen molar-refractivity contribution in [2.75, 3.05) is 0 Å². The smallest absolute Gasteiger partial charge is 0.327 e. The molecule has 0 saturated heterocycles. The van der Waals surface area contributed by atoms with Crippen molar-refractivity contribution in [2.45, 2.75) is 12.5 Å². The second-order valence-electron chi connectivity index (χ2n) is 4.11. The molecular weight excluding hydrogens is 266 g/mol. The Kier molecular flexibility index (Phi) is 4.19. The number of hydrogen-bond acceptors (Lipinski definition) is 3. The van der Waals surface area contributed by atoms with Gasteiger partial charge in [-0.05, 0) is 23.9 Å². The van der Waals surface area contributed by atoms with E-state index >= 15 is 0 Å². The van der Waals surface area contributed by atoms with Gasteiger partial charge in [0, 0.05) is 24.9 Å². The van der Waals surface area contributed by atoms with E-state index in [0.29, 0.717) is 0 Å². The monoisotopic (exact) mass is 278 g/mol. The number of aromatic nitrogens is 2. The molecule has 1 heterocycles. The molecule has 1 amide bonds. The van der Waals surface area contributed by atoms with E-state index in [4.69, 9.17) is 5.41 Å². The summed E-state index contributed by atoms with van der Waals surface area (Å²) in [6, 6.07) is 1.84. The molecule has 1 atom stereocenters. The van der Waals surface area contributed by atoms with E-state index in [0.717, 1.165) is 24.4 Å². The van der Waals surface area contributed by atoms with Gasteiger partial charge in [0.25, 0.3) is 0 Å². The van der Waals surface area contributed by atoms with Crippen molar-refractivity contribution in [3.8, 4) is 0 Å². The first kappa shape index (κ1) is 13.9. The molecule has 20 heavy (non-hydrogen) atoms. The summed E-state index contributed by atoms with van der Waals surface area (Å²) in [6.45, 7) is 0. The van der Waals surface area contributed by atoms with Crippen molar-refractivity contribution in [1.82, 2.24) is 14.9 Å². The van der Waals surface area contributed by atoms with Crippen LogP contribution in [-0.2, 0) is 0 Å². The van der Waals surface area contributed by atoms with Crippen molar-refractivity contribution in [2.24, 2.45) is 0 Å². The normalized spacial score (nSPS) is 11.9. The van der Waals surface area contributed by atoms with E-state index < -0.39 is 23.7 Å². The number of carbonyl (C=O) groups is 1. The maximum atomic E-state index is 13.2. The highest BCUT2D eigenvalue weighted by molar-refractivity contribution is 5.77. The topological polar surface area (TPSA) is 70.8 Å². The van der Waals surface area contributed by atoms with E-state index in [-0.39, 0.29) is 12.0 Å². The third-order valence-electron chi connectivity index (χ3n) is 2.68. The van der Waals surface area contributed by atoms with Gasteiger partial charge in [0.15, 0.2) is 0 Å². The fourth-order valence-electron chi connectivity index (χ4n) is 1.78. The number of halogens is 2. The predicted octanol–water partition coefficient (Wildman–Crippen LogP) is 2.50. The highest BCUT2D eigenvalue weighted by atomic mass is 19.1. The number of amides is 1. The first-order chi connectivity index (χ1) is 9.60. The lowest BCUT2D eigenvalue weighted by atomic mass is 10.0. The van der Waals surface area contributed by atoms with Crippen LogP contribution in [0, 0.1) is 17.0 Å². The number of nitrogens with zero attached hydrogens (tertiary/aromatic N) is 2. The zero-order valence-corrected chi connectivity index (χ0v) is 10.4.